The number of hydrogen-bond donors (Lipinski definition) is 1. The summed E-state index contributed by atoms with van der Waals surface area (Å²) in [4.78, 5) is 10.6. The predicted octanol–water partition coefficient (Wildman–Crippen LogP) is 2.44. The summed E-state index contributed by atoms with van der Waals surface area (Å²) in [6.45, 7) is 1.71. The summed E-state index contributed by atoms with van der Waals surface area (Å²) >= 11 is 5.72. The Morgan fingerprint density at radius 3 is 2.65 bits per heavy atom. The molecule has 94 valence electrons. The van der Waals surface area contributed by atoms with Gasteiger partial charge in [0.15, 0.2) is 6.29 Å². The maximum absolute atomic E-state index is 13.1. The summed E-state index contributed by atoms with van der Waals surface area (Å²) in [6, 6.07) is 2.16. The zero-order valence-electron chi connectivity index (χ0n) is 9.04. The van der Waals surface area contributed by atoms with Crippen LogP contribution in [0.15, 0.2) is 12.1 Å². The van der Waals surface area contributed by atoms with E-state index in [0.717, 1.165) is 6.07 Å². The second-order valence-electron chi connectivity index (χ2n) is 3.36. The molecule has 0 unspecified atom stereocenters. The van der Waals surface area contributed by atoms with Crippen LogP contribution in [-0.2, 0) is 10.0 Å². The van der Waals surface area contributed by atoms with Crippen molar-refractivity contribution in [3.05, 3.63) is 28.5 Å². The van der Waals surface area contributed by atoms with Gasteiger partial charge in [-0.3, -0.25) is 9.52 Å². The van der Waals surface area contributed by atoms with Crippen LogP contribution in [0.2, 0.25) is 5.02 Å². The van der Waals surface area contributed by atoms with Crippen LogP contribution >= 0.6 is 11.6 Å². The normalized spacial score (nSPS) is 11.2. The van der Waals surface area contributed by atoms with Crippen molar-refractivity contribution in [1.29, 1.82) is 0 Å². The van der Waals surface area contributed by atoms with Gasteiger partial charge in [-0.1, -0.05) is 18.5 Å². The number of halogens is 2. The fourth-order valence-corrected chi connectivity index (χ4v) is 2.69. The summed E-state index contributed by atoms with van der Waals surface area (Å²) in [5, 5.41) is -0.236. The van der Waals surface area contributed by atoms with Gasteiger partial charge in [-0.15, -0.1) is 0 Å². The number of benzene rings is 1. The molecule has 1 aromatic carbocycles. The van der Waals surface area contributed by atoms with E-state index in [1.54, 1.807) is 6.92 Å². The second kappa shape index (κ2) is 5.46. The highest BCUT2D eigenvalue weighted by atomic mass is 35.5. The fraction of sp³-hybridized carbons (Fsp3) is 0.300. The zero-order chi connectivity index (χ0) is 13.1. The Bertz CT molecular complexity index is 531. The molecule has 0 radical (unpaired) electrons. The Morgan fingerprint density at radius 1 is 1.47 bits per heavy atom. The van der Waals surface area contributed by atoms with Gasteiger partial charge in [-0.2, -0.15) is 0 Å². The Labute approximate surface area is 104 Å². The molecule has 0 heterocycles. The first kappa shape index (κ1) is 13.9. The third kappa shape index (κ3) is 3.41. The first-order valence-electron chi connectivity index (χ1n) is 4.85. The minimum atomic E-state index is -3.52. The van der Waals surface area contributed by atoms with Crippen molar-refractivity contribution in [1.82, 2.24) is 0 Å². The van der Waals surface area contributed by atoms with E-state index in [1.807, 2.05) is 0 Å². The van der Waals surface area contributed by atoms with E-state index in [1.165, 1.54) is 6.07 Å². The molecule has 7 heteroatoms. The lowest BCUT2D eigenvalue weighted by atomic mass is 10.2. The summed E-state index contributed by atoms with van der Waals surface area (Å²) in [5.74, 6) is -0.861. The van der Waals surface area contributed by atoms with Crippen molar-refractivity contribution in [2.24, 2.45) is 0 Å². The Balaban J connectivity index is 3.13. The van der Waals surface area contributed by atoms with Crippen LogP contribution in [0.25, 0.3) is 0 Å². The molecule has 0 fully saturated rings. The van der Waals surface area contributed by atoms with Gasteiger partial charge in [-0.05, 0) is 18.6 Å². The number of anilines is 1. The monoisotopic (exact) mass is 279 g/mol. The van der Waals surface area contributed by atoms with Crippen molar-refractivity contribution in [3.8, 4) is 0 Å². The molecule has 1 aromatic rings. The quantitative estimate of drug-likeness (QED) is 0.842. The molecule has 0 bridgehead atoms. The molecule has 0 saturated carbocycles. The van der Waals surface area contributed by atoms with Crippen LogP contribution in [0.5, 0.6) is 0 Å². The maximum atomic E-state index is 13.1. The van der Waals surface area contributed by atoms with Crippen molar-refractivity contribution >= 4 is 33.6 Å². The highest BCUT2D eigenvalue weighted by molar-refractivity contribution is 7.92. The fourth-order valence-electron chi connectivity index (χ4n) is 1.24. The number of rotatable bonds is 5. The molecule has 0 saturated heterocycles. The standard InChI is InChI=1S/C10H11ClFNO3S/c1-2-5-17(15,16)13-9-4-3-8(12)7(6-14)10(9)11/h3-4,6,13H,2,5H2,1H3. The molecule has 17 heavy (non-hydrogen) atoms. The number of sulfonamides is 1. The van der Waals surface area contributed by atoms with Crippen LogP contribution in [-0.4, -0.2) is 20.5 Å². The van der Waals surface area contributed by atoms with Crippen molar-refractivity contribution in [2.75, 3.05) is 10.5 Å². The molecule has 0 aliphatic rings. The van der Waals surface area contributed by atoms with Crippen molar-refractivity contribution in [2.45, 2.75) is 13.3 Å². The Kier molecular flexibility index (Phi) is 4.47. The van der Waals surface area contributed by atoms with Gasteiger partial charge in [0.1, 0.15) is 5.82 Å². The van der Waals surface area contributed by atoms with Gasteiger partial charge in [0.05, 0.1) is 22.0 Å². The second-order valence-corrected chi connectivity index (χ2v) is 5.58. The molecule has 0 aliphatic carbocycles. The smallest absolute Gasteiger partial charge is 0.232 e. The van der Waals surface area contributed by atoms with Crippen molar-refractivity contribution in [3.63, 3.8) is 0 Å². The van der Waals surface area contributed by atoms with Crippen LogP contribution < -0.4 is 4.72 Å². The highest BCUT2D eigenvalue weighted by Crippen LogP contribution is 2.27. The maximum Gasteiger partial charge on any atom is 0.232 e. The van der Waals surface area contributed by atoms with Gasteiger partial charge >= 0.3 is 0 Å². The summed E-state index contributed by atoms with van der Waals surface area (Å²) < 4.78 is 38.3. The van der Waals surface area contributed by atoms with E-state index in [4.69, 9.17) is 11.6 Å². The van der Waals surface area contributed by atoms with Gasteiger partial charge in [0.25, 0.3) is 0 Å². The number of hydrogen-bond acceptors (Lipinski definition) is 3. The van der Waals surface area contributed by atoms with Gasteiger partial charge < -0.3 is 0 Å². The SMILES string of the molecule is CCCS(=O)(=O)Nc1ccc(F)c(C=O)c1Cl. The average Bonchev–Trinajstić information content (AvgIpc) is 2.23. The third-order valence-corrected chi connectivity index (χ3v) is 3.87. The Hall–Kier alpha value is -1.14. The first-order chi connectivity index (χ1) is 7.91. The number of nitrogens with one attached hydrogen (secondary N) is 1. The van der Waals surface area contributed by atoms with E-state index in [-0.39, 0.29) is 28.3 Å². The molecular formula is C10H11ClFNO3S. The lowest BCUT2D eigenvalue weighted by Gasteiger charge is -2.10. The molecule has 0 aromatic heterocycles. The molecule has 0 amide bonds. The van der Waals surface area contributed by atoms with Crippen LogP contribution in [0.3, 0.4) is 0 Å². The summed E-state index contributed by atoms with van der Waals surface area (Å²) in [5.41, 5.74) is -0.355. The number of carbonyl (C=O) groups excluding carboxylic acids is 1. The number of aldehydes is 1. The van der Waals surface area contributed by atoms with Gasteiger partial charge in [-0.25, -0.2) is 12.8 Å². The molecule has 1 rings (SSSR count). The minimum absolute atomic E-state index is 0.00335. The van der Waals surface area contributed by atoms with E-state index in [0.29, 0.717) is 6.42 Å². The van der Waals surface area contributed by atoms with Crippen LogP contribution in [0.1, 0.15) is 23.7 Å². The van der Waals surface area contributed by atoms with Gasteiger partial charge in [0, 0.05) is 0 Å². The molecule has 0 aliphatic heterocycles. The third-order valence-electron chi connectivity index (χ3n) is 1.98. The van der Waals surface area contributed by atoms with E-state index < -0.39 is 15.8 Å². The highest BCUT2D eigenvalue weighted by Gasteiger charge is 2.15. The minimum Gasteiger partial charge on any atom is -0.298 e. The predicted molar refractivity (Wildman–Crippen MR) is 64.5 cm³/mol. The number of carbonyl (C=O) groups is 1. The average molecular weight is 280 g/mol. The lowest BCUT2D eigenvalue weighted by molar-refractivity contribution is 0.112. The van der Waals surface area contributed by atoms with Crippen LogP contribution in [0.4, 0.5) is 10.1 Å². The van der Waals surface area contributed by atoms with E-state index in [9.17, 15) is 17.6 Å². The van der Waals surface area contributed by atoms with E-state index in [2.05, 4.69) is 4.72 Å². The molecule has 4 nitrogen and oxygen atoms in total. The molecule has 0 atom stereocenters. The molecular weight excluding hydrogens is 269 g/mol. The summed E-state index contributed by atoms with van der Waals surface area (Å²) in [6.07, 6.45) is 0.684. The first-order valence-corrected chi connectivity index (χ1v) is 6.88. The molecule has 1 N–H and O–H groups in total. The molecule has 0 spiro atoms. The topological polar surface area (TPSA) is 63.2 Å². The summed E-state index contributed by atoms with van der Waals surface area (Å²) in [7, 11) is -3.52. The van der Waals surface area contributed by atoms with Gasteiger partial charge in [0.2, 0.25) is 10.0 Å². The Morgan fingerprint density at radius 2 is 2.12 bits per heavy atom. The largest absolute Gasteiger partial charge is 0.298 e. The van der Waals surface area contributed by atoms with E-state index >= 15 is 0 Å². The lowest BCUT2D eigenvalue weighted by Crippen LogP contribution is -2.16. The van der Waals surface area contributed by atoms with Crippen LogP contribution in [0, 0.1) is 5.82 Å². The van der Waals surface area contributed by atoms with Crippen molar-refractivity contribution < 1.29 is 17.6 Å². The zero-order valence-corrected chi connectivity index (χ0v) is 10.6.